The van der Waals surface area contributed by atoms with Gasteiger partial charge in [-0.3, -0.25) is 9.69 Å². The first-order chi connectivity index (χ1) is 8.67. The van der Waals surface area contributed by atoms with Crippen LogP contribution in [0.2, 0.25) is 0 Å². The molecule has 1 saturated heterocycles. The van der Waals surface area contributed by atoms with Gasteiger partial charge in [0.05, 0.1) is 19.8 Å². The lowest BCUT2D eigenvalue weighted by atomic mass is 10.1. The number of rotatable bonds is 8. The molecule has 0 aliphatic carbocycles. The van der Waals surface area contributed by atoms with E-state index in [1.165, 1.54) is 4.90 Å². The number of nitrogens with zero attached hydrogens (tertiary/aromatic N) is 2. The molecule has 0 radical (unpaired) electrons. The van der Waals surface area contributed by atoms with Crippen molar-refractivity contribution in [1.82, 2.24) is 9.80 Å². The Bertz CT molecular complexity index is 296. The van der Waals surface area contributed by atoms with Crippen molar-refractivity contribution in [3.63, 3.8) is 0 Å². The van der Waals surface area contributed by atoms with Crippen molar-refractivity contribution in [2.45, 2.75) is 38.6 Å². The van der Waals surface area contributed by atoms with Crippen LogP contribution in [0.3, 0.4) is 0 Å². The van der Waals surface area contributed by atoms with Crippen molar-refractivity contribution in [2.75, 3.05) is 26.3 Å². The van der Waals surface area contributed by atoms with Gasteiger partial charge >= 0.3 is 6.03 Å². The summed E-state index contributed by atoms with van der Waals surface area (Å²) in [5.41, 5.74) is 0. The molecular weight excluding hydrogens is 236 g/mol. The van der Waals surface area contributed by atoms with Crippen molar-refractivity contribution in [1.29, 1.82) is 0 Å². The zero-order valence-electron chi connectivity index (χ0n) is 10.8. The molecule has 18 heavy (non-hydrogen) atoms. The number of carbonyl (C=O) groups is 2. The third-order valence-corrected chi connectivity index (χ3v) is 3.15. The predicted molar refractivity (Wildman–Crippen MR) is 65.9 cm³/mol. The Labute approximate surface area is 107 Å². The molecule has 0 aromatic carbocycles. The van der Waals surface area contributed by atoms with Gasteiger partial charge < -0.3 is 15.1 Å². The first-order valence-corrected chi connectivity index (χ1v) is 6.51. The van der Waals surface area contributed by atoms with E-state index in [2.05, 4.69) is 6.92 Å². The first-order valence-electron chi connectivity index (χ1n) is 6.51. The molecule has 1 heterocycles. The molecule has 1 unspecified atom stereocenters. The molecule has 104 valence electrons. The van der Waals surface area contributed by atoms with Crippen molar-refractivity contribution in [3.8, 4) is 0 Å². The van der Waals surface area contributed by atoms with Gasteiger partial charge in [0, 0.05) is 6.54 Å². The van der Waals surface area contributed by atoms with Gasteiger partial charge in [0.25, 0.3) is 5.91 Å². The van der Waals surface area contributed by atoms with Gasteiger partial charge in [-0.05, 0) is 6.42 Å². The van der Waals surface area contributed by atoms with E-state index in [1.807, 2.05) is 0 Å². The summed E-state index contributed by atoms with van der Waals surface area (Å²) >= 11 is 0. The van der Waals surface area contributed by atoms with Crippen molar-refractivity contribution in [2.24, 2.45) is 0 Å². The molecule has 0 saturated carbocycles. The van der Waals surface area contributed by atoms with E-state index in [9.17, 15) is 9.59 Å². The number of urea groups is 1. The van der Waals surface area contributed by atoms with Gasteiger partial charge in [0.1, 0.15) is 6.04 Å². The summed E-state index contributed by atoms with van der Waals surface area (Å²) in [4.78, 5) is 26.5. The maximum Gasteiger partial charge on any atom is 0.327 e. The van der Waals surface area contributed by atoms with Crippen LogP contribution in [0.15, 0.2) is 0 Å². The average molecular weight is 258 g/mol. The highest BCUT2D eigenvalue weighted by Crippen LogP contribution is 2.21. The normalized spacial score (nSPS) is 20.1. The topological polar surface area (TPSA) is 81.1 Å². The van der Waals surface area contributed by atoms with Crippen LogP contribution in [0.4, 0.5) is 4.79 Å². The van der Waals surface area contributed by atoms with Gasteiger partial charge in [0.2, 0.25) is 0 Å². The van der Waals surface area contributed by atoms with E-state index >= 15 is 0 Å². The van der Waals surface area contributed by atoms with E-state index in [-0.39, 0.29) is 32.2 Å². The fourth-order valence-electron chi connectivity index (χ4n) is 2.23. The quantitative estimate of drug-likeness (QED) is 0.481. The molecule has 6 heteroatoms. The zero-order chi connectivity index (χ0) is 13.5. The third kappa shape index (κ3) is 3.20. The van der Waals surface area contributed by atoms with Crippen LogP contribution in [-0.4, -0.2) is 64.3 Å². The van der Waals surface area contributed by atoms with Crippen molar-refractivity contribution >= 4 is 11.9 Å². The number of hydrogen-bond donors (Lipinski definition) is 2. The highest BCUT2D eigenvalue weighted by molar-refractivity contribution is 6.04. The number of β-amino-alcohol motifs (C(OH)–C–C–N with tert-alkyl or cyclic N) is 2. The van der Waals surface area contributed by atoms with Crippen LogP contribution in [0.1, 0.15) is 32.6 Å². The summed E-state index contributed by atoms with van der Waals surface area (Å²) < 4.78 is 0. The maximum atomic E-state index is 12.1. The molecule has 3 amide bonds. The van der Waals surface area contributed by atoms with Crippen molar-refractivity contribution in [3.05, 3.63) is 0 Å². The molecular formula is C12H22N2O4. The lowest BCUT2D eigenvalue weighted by Crippen LogP contribution is -2.37. The van der Waals surface area contributed by atoms with Gasteiger partial charge in [-0.1, -0.05) is 26.2 Å². The lowest BCUT2D eigenvalue weighted by Gasteiger charge is -2.20. The first kappa shape index (κ1) is 14.9. The average Bonchev–Trinajstić information content (AvgIpc) is 2.57. The summed E-state index contributed by atoms with van der Waals surface area (Å²) in [6.45, 7) is 1.89. The monoisotopic (exact) mass is 258 g/mol. The number of carbonyl (C=O) groups excluding carboxylic acids is 2. The van der Waals surface area contributed by atoms with Gasteiger partial charge in [-0.2, -0.15) is 0 Å². The van der Waals surface area contributed by atoms with Crippen LogP contribution < -0.4 is 0 Å². The highest BCUT2D eigenvalue weighted by Gasteiger charge is 2.43. The fraction of sp³-hybridized carbons (Fsp3) is 0.833. The number of imide groups is 1. The molecule has 0 aromatic rings. The van der Waals surface area contributed by atoms with Crippen LogP contribution in [-0.2, 0) is 4.79 Å². The molecule has 1 rings (SSSR count). The summed E-state index contributed by atoms with van der Waals surface area (Å²) in [6.07, 6.45) is 3.58. The molecule has 6 nitrogen and oxygen atoms in total. The molecule has 1 fully saturated rings. The SMILES string of the molecule is CCCCCC1C(=O)N(CCO)C(=O)N1CCO. The molecule has 1 aliphatic heterocycles. The Morgan fingerprint density at radius 3 is 2.33 bits per heavy atom. The summed E-state index contributed by atoms with van der Waals surface area (Å²) in [5, 5.41) is 17.8. The second-order valence-corrected chi connectivity index (χ2v) is 4.42. The smallest absolute Gasteiger partial charge is 0.327 e. The van der Waals surface area contributed by atoms with Gasteiger partial charge in [-0.15, -0.1) is 0 Å². The van der Waals surface area contributed by atoms with E-state index < -0.39 is 12.1 Å². The predicted octanol–water partition coefficient (Wildman–Crippen LogP) is 0.184. The van der Waals surface area contributed by atoms with Crippen LogP contribution in [0, 0.1) is 0 Å². The molecule has 1 aliphatic rings. The van der Waals surface area contributed by atoms with Crippen LogP contribution in [0.5, 0.6) is 0 Å². The number of unbranched alkanes of at least 4 members (excludes halogenated alkanes) is 2. The van der Waals surface area contributed by atoms with Crippen LogP contribution >= 0.6 is 0 Å². The fourth-order valence-corrected chi connectivity index (χ4v) is 2.23. The van der Waals surface area contributed by atoms with Crippen molar-refractivity contribution < 1.29 is 19.8 Å². The van der Waals surface area contributed by atoms with E-state index in [0.717, 1.165) is 24.2 Å². The minimum atomic E-state index is -0.470. The van der Waals surface area contributed by atoms with E-state index in [0.29, 0.717) is 6.42 Å². The largest absolute Gasteiger partial charge is 0.395 e. The maximum absolute atomic E-state index is 12.1. The minimum absolute atomic E-state index is 0.0316. The zero-order valence-corrected chi connectivity index (χ0v) is 10.8. The van der Waals surface area contributed by atoms with Gasteiger partial charge in [-0.25, -0.2) is 4.79 Å². The minimum Gasteiger partial charge on any atom is -0.395 e. The number of aliphatic hydroxyl groups is 2. The Balaban J connectivity index is 2.70. The third-order valence-electron chi connectivity index (χ3n) is 3.15. The highest BCUT2D eigenvalue weighted by atomic mass is 16.3. The van der Waals surface area contributed by atoms with E-state index in [4.69, 9.17) is 10.2 Å². The number of hydrogen-bond acceptors (Lipinski definition) is 4. The molecule has 0 aromatic heterocycles. The van der Waals surface area contributed by atoms with E-state index in [1.54, 1.807) is 0 Å². The lowest BCUT2D eigenvalue weighted by molar-refractivity contribution is -0.128. The Morgan fingerprint density at radius 1 is 1.11 bits per heavy atom. The number of amides is 3. The summed E-state index contributed by atoms with van der Waals surface area (Å²) in [6, 6.07) is -0.868. The number of aliphatic hydroxyl groups excluding tert-OH is 2. The van der Waals surface area contributed by atoms with Gasteiger partial charge in [0.15, 0.2) is 0 Å². The standard InChI is InChI=1S/C12H22N2O4/c1-2-3-4-5-10-11(17)14(7-9-16)12(18)13(10)6-8-15/h10,15-16H,2-9H2,1H3. The van der Waals surface area contributed by atoms with Crippen LogP contribution in [0.25, 0.3) is 0 Å². The Hall–Kier alpha value is -1.14. The second kappa shape index (κ2) is 7.33. The second-order valence-electron chi connectivity index (χ2n) is 4.42. The molecule has 0 bridgehead atoms. The molecule has 0 spiro atoms. The molecule has 2 N–H and O–H groups in total. The molecule has 1 atom stereocenters. The summed E-state index contributed by atoms with van der Waals surface area (Å²) in [7, 11) is 0. The Morgan fingerprint density at radius 2 is 1.78 bits per heavy atom. The Kier molecular flexibility index (Phi) is 6.07. The summed E-state index contributed by atoms with van der Waals surface area (Å²) in [5.74, 6) is -0.251.